The fourth-order valence-electron chi connectivity index (χ4n) is 4.04. The Kier molecular flexibility index (Phi) is 3.84. The van der Waals surface area contributed by atoms with E-state index in [-0.39, 0.29) is 0 Å². The first-order valence-electron chi connectivity index (χ1n) is 9.30. The van der Waals surface area contributed by atoms with Crippen molar-refractivity contribution in [2.75, 3.05) is 18.0 Å². The highest BCUT2D eigenvalue weighted by atomic mass is 15.4. The molecule has 3 aromatic rings. The molecule has 0 aromatic carbocycles. The molecule has 0 radical (unpaired) electrons. The van der Waals surface area contributed by atoms with Crippen molar-refractivity contribution in [3.8, 4) is 11.5 Å². The van der Waals surface area contributed by atoms with E-state index in [0.717, 1.165) is 62.5 Å². The molecule has 4 heterocycles. The molecule has 132 valence electrons. The van der Waals surface area contributed by atoms with E-state index in [4.69, 9.17) is 9.97 Å². The SMILES string of the molecule is c1ccc(-c2nc3c(c(N4CCC(n5ccnn5)CC4)n2)CCC3)nc1. The smallest absolute Gasteiger partial charge is 0.180 e. The number of piperidine rings is 1. The van der Waals surface area contributed by atoms with Crippen LogP contribution in [0.2, 0.25) is 0 Å². The lowest BCUT2D eigenvalue weighted by molar-refractivity contribution is 0.359. The Morgan fingerprint density at radius 3 is 2.69 bits per heavy atom. The lowest BCUT2D eigenvalue weighted by atomic mass is 10.0. The van der Waals surface area contributed by atoms with Gasteiger partial charge in [0, 0.05) is 36.7 Å². The molecule has 1 aliphatic carbocycles. The number of fused-ring (bicyclic) bond motifs is 1. The van der Waals surface area contributed by atoms with E-state index < -0.39 is 0 Å². The number of hydrogen-bond acceptors (Lipinski definition) is 6. The van der Waals surface area contributed by atoms with Crippen molar-refractivity contribution in [3.05, 3.63) is 48.0 Å². The summed E-state index contributed by atoms with van der Waals surface area (Å²) in [6.45, 7) is 1.96. The Balaban J connectivity index is 1.45. The van der Waals surface area contributed by atoms with E-state index in [1.165, 1.54) is 11.3 Å². The van der Waals surface area contributed by atoms with Crippen LogP contribution in [0.25, 0.3) is 11.5 Å². The Labute approximate surface area is 152 Å². The number of nitrogens with zero attached hydrogens (tertiary/aromatic N) is 7. The maximum absolute atomic E-state index is 4.94. The van der Waals surface area contributed by atoms with E-state index in [0.29, 0.717) is 6.04 Å². The van der Waals surface area contributed by atoms with Crippen LogP contribution in [0.15, 0.2) is 36.8 Å². The number of pyridine rings is 1. The third kappa shape index (κ3) is 2.73. The molecule has 7 heteroatoms. The Hall–Kier alpha value is -2.83. The summed E-state index contributed by atoms with van der Waals surface area (Å²) in [6.07, 6.45) is 10.9. The first-order valence-corrected chi connectivity index (χ1v) is 9.30. The first kappa shape index (κ1) is 15.4. The number of hydrogen-bond donors (Lipinski definition) is 0. The van der Waals surface area contributed by atoms with Gasteiger partial charge in [0.2, 0.25) is 0 Å². The molecule has 0 saturated carbocycles. The lowest BCUT2D eigenvalue weighted by Crippen LogP contribution is -2.36. The van der Waals surface area contributed by atoms with E-state index in [1.807, 2.05) is 29.1 Å². The second-order valence-corrected chi connectivity index (χ2v) is 6.97. The van der Waals surface area contributed by atoms with E-state index in [1.54, 1.807) is 12.4 Å². The summed E-state index contributed by atoms with van der Waals surface area (Å²) in [6, 6.07) is 6.32. The van der Waals surface area contributed by atoms with Gasteiger partial charge in [-0.05, 0) is 44.2 Å². The zero-order valence-corrected chi connectivity index (χ0v) is 14.6. The van der Waals surface area contributed by atoms with Gasteiger partial charge in [0.05, 0.1) is 12.2 Å². The largest absolute Gasteiger partial charge is 0.356 e. The van der Waals surface area contributed by atoms with E-state index in [2.05, 4.69) is 20.2 Å². The van der Waals surface area contributed by atoms with Crippen LogP contribution in [0.1, 0.15) is 36.6 Å². The molecule has 3 aromatic heterocycles. The summed E-state index contributed by atoms with van der Waals surface area (Å²) in [4.78, 5) is 16.6. The van der Waals surface area contributed by atoms with Crippen LogP contribution >= 0.6 is 0 Å². The zero-order valence-electron chi connectivity index (χ0n) is 14.6. The van der Waals surface area contributed by atoms with Crippen LogP contribution < -0.4 is 4.90 Å². The number of aryl methyl sites for hydroxylation is 1. The van der Waals surface area contributed by atoms with Gasteiger partial charge in [-0.15, -0.1) is 5.10 Å². The quantitative estimate of drug-likeness (QED) is 0.725. The zero-order chi connectivity index (χ0) is 17.3. The Morgan fingerprint density at radius 2 is 1.92 bits per heavy atom. The number of anilines is 1. The summed E-state index contributed by atoms with van der Waals surface area (Å²) in [7, 11) is 0. The molecule has 0 N–H and O–H groups in total. The van der Waals surface area contributed by atoms with Crippen molar-refractivity contribution in [1.82, 2.24) is 29.9 Å². The van der Waals surface area contributed by atoms with Gasteiger partial charge in [0.15, 0.2) is 5.82 Å². The van der Waals surface area contributed by atoms with Crippen LogP contribution in [0.4, 0.5) is 5.82 Å². The normalized spacial score (nSPS) is 17.5. The second-order valence-electron chi connectivity index (χ2n) is 6.97. The molecule has 0 unspecified atom stereocenters. The predicted octanol–water partition coefficient (Wildman–Crippen LogP) is 2.46. The Bertz CT molecular complexity index is 884. The molecule has 1 fully saturated rings. The van der Waals surface area contributed by atoms with E-state index in [9.17, 15) is 0 Å². The van der Waals surface area contributed by atoms with Crippen molar-refractivity contribution in [2.45, 2.75) is 38.1 Å². The molecule has 5 rings (SSSR count). The monoisotopic (exact) mass is 347 g/mol. The molecule has 0 bridgehead atoms. The average Bonchev–Trinajstić information content (AvgIpc) is 3.40. The number of aromatic nitrogens is 6. The molecule has 0 atom stereocenters. The van der Waals surface area contributed by atoms with Crippen LogP contribution in [0.3, 0.4) is 0 Å². The van der Waals surface area contributed by atoms with Gasteiger partial charge in [-0.3, -0.25) is 4.98 Å². The minimum atomic E-state index is 0.430. The van der Waals surface area contributed by atoms with Gasteiger partial charge in [-0.25, -0.2) is 14.6 Å². The summed E-state index contributed by atoms with van der Waals surface area (Å²) >= 11 is 0. The molecule has 0 amide bonds. The van der Waals surface area contributed by atoms with Crippen LogP contribution in [0.5, 0.6) is 0 Å². The minimum absolute atomic E-state index is 0.430. The molecule has 0 spiro atoms. The third-order valence-electron chi connectivity index (χ3n) is 5.38. The minimum Gasteiger partial charge on any atom is -0.356 e. The highest BCUT2D eigenvalue weighted by Gasteiger charge is 2.27. The standard InChI is InChI=1S/C19H21N7/c1-2-9-20-17(5-1)18-22-16-6-3-4-15(16)19(23-18)25-11-7-14(8-12-25)26-13-10-21-24-26/h1-2,5,9-10,13-14H,3-4,6-8,11-12H2. The summed E-state index contributed by atoms with van der Waals surface area (Å²) < 4.78 is 1.99. The summed E-state index contributed by atoms with van der Waals surface area (Å²) in [5, 5.41) is 8.10. The summed E-state index contributed by atoms with van der Waals surface area (Å²) in [5.41, 5.74) is 3.39. The molecule has 2 aliphatic rings. The number of rotatable bonds is 3. The fraction of sp³-hybridized carbons (Fsp3) is 0.421. The van der Waals surface area contributed by atoms with Crippen molar-refractivity contribution in [3.63, 3.8) is 0 Å². The van der Waals surface area contributed by atoms with Gasteiger partial charge < -0.3 is 4.90 Å². The summed E-state index contributed by atoms with van der Waals surface area (Å²) in [5.74, 6) is 1.87. The van der Waals surface area contributed by atoms with Crippen LogP contribution in [-0.2, 0) is 12.8 Å². The highest BCUT2D eigenvalue weighted by Crippen LogP contribution is 2.33. The van der Waals surface area contributed by atoms with Crippen molar-refractivity contribution in [2.24, 2.45) is 0 Å². The maximum atomic E-state index is 4.94. The third-order valence-corrected chi connectivity index (χ3v) is 5.38. The van der Waals surface area contributed by atoms with Gasteiger partial charge >= 0.3 is 0 Å². The topological polar surface area (TPSA) is 72.6 Å². The Morgan fingerprint density at radius 1 is 1.00 bits per heavy atom. The predicted molar refractivity (Wildman–Crippen MR) is 97.8 cm³/mol. The van der Waals surface area contributed by atoms with Crippen molar-refractivity contribution >= 4 is 5.82 Å². The van der Waals surface area contributed by atoms with Gasteiger partial charge in [0.1, 0.15) is 11.5 Å². The first-order chi connectivity index (χ1) is 12.9. The lowest BCUT2D eigenvalue weighted by Gasteiger charge is -2.33. The van der Waals surface area contributed by atoms with Gasteiger partial charge in [-0.2, -0.15) is 0 Å². The average molecular weight is 347 g/mol. The van der Waals surface area contributed by atoms with Crippen LogP contribution in [0, 0.1) is 0 Å². The maximum Gasteiger partial charge on any atom is 0.180 e. The van der Waals surface area contributed by atoms with Crippen LogP contribution in [-0.4, -0.2) is 43.0 Å². The molecular weight excluding hydrogens is 326 g/mol. The fourth-order valence-corrected chi connectivity index (χ4v) is 4.04. The molecular formula is C19H21N7. The van der Waals surface area contributed by atoms with Gasteiger partial charge in [0.25, 0.3) is 0 Å². The molecule has 1 saturated heterocycles. The van der Waals surface area contributed by atoms with Crippen molar-refractivity contribution in [1.29, 1.82) is 0 Å². The molecule has 1 aliphatic heterocycles. The highest BCUT2D eigenvalue weighted by molar-refractivity contribution is 5.59. The van der Waals surface area contributed by atoms with Gasteiger partial charge in [-0.1, -0.05) is 11.3 Å². The second kappa shape index (κ2) is 6.48. The van der Waals surface area contributed by atoms with E-state index >= 15 is 0 Å². The van der Waals surface area contributed by atoms with Crippen molar-refractivity contribution < 1.29 is 0 Å². The molecule has 26 heavy (non-hydrogen) atoms. The molecule has 7 nitrogen and oxygen atoms in total.